The van der Waals surface area contributed by atoms with Crippen molar-refractivity contribution in [1.29, 1.82) is 0 Å². The fraction of sp³-hybridized carbons (Fsp3) is 0.300. The number of piperazine rings is 1. The third-order valence-corrected chi connectivity index (χ3v) is 6.49. The van der Waals surface area contributed by atoms with E-state index in [1.807, 2.05) is 53.4 Å². The number of hydrogen-bond donors (Lipinski definition) is 1. The quantitative estimate of drug-likeness (QED) is 0.855. The molecule has 140 valence electrons. The summed E-state index contributed by atoms with van der Waals surface area (Å²) in [6.45, 7) is 2.75. The van der Waals surface area contributed by atoms with Gasteiger partial charge in [-0.2, -0.15) is 0 Å². The first-order valence-electron chi connectivity index (χ1n) is 8.95. The van der Waals surface area contributed by atoms with Crippen LogP contribution in [0.3, 0.4) is 0 Å². The second-order valence-electron chi connectivity index (χ2n) is 6.62. The Morgan fingerprint density at radius 2 is 1.78 bits per heavy atom. The van der Waals surface area contributed by atoms with Crippen molar-refractivity contribution in [1.82, 2.24) is 4.90 Å². The molecule has 2 aromatic carbocycles. The molecule has 1 atom stereocenters. The second-order valence-corrected chi connectivity index (χ2v) is 8.27. The first-order valence-corrected chi connectivity index (χ1v) is 10.2. The Bertz CT molecular complexity index is 868. The summed E-state index contributed by atoms with van der Waals surface area (Å²) < 4.78 is 0. The lowest BCUT2D eigenvalue weighted by molar-refractivity contribution is -0.132. The van der Waals surface area contributed by atoms with Crippen LogP contribution in [0.2, 0.25) is 5.02 Å². The van der Waals surface area contributed by atoms with E-state index >= 15 is 0 Å². The molecule has 1 N–H and O–H groups in total. The molecule has 2 amide bonds. The highest BCUT2D eigenvalue weighted by atomic mass is 35.5. The van der Waals surface area contributed by atoms with Crippen molar-refractivity contribution in [3.8, 4) is 0 Å². The number of halogens is 1. The molecule has 2 aliphatic heterocycles. The minimum absolute atomic E-state index is 0.0286. The molecule has 0 spiro atoms. The molecule has 0 radical (unpaired) electrons. The van der Waals surface area contributed by atoms with Crippen LogP contribution in [0.1, 0.15) is 6.42 Å². The Kier molecular flexibility index (Phi) is 5.27. The van der Waals surface area contributed by atoms with Gasteiger partial charge in [0.05, 0.1) is 21.6 Å². The molecule has 2 aromatic rings. The van der Waals surface area contributed by atoms with Gasteiger partial charge >= 0.3 is 0 Å². The van der Waals surface area contributed by atoms with Gasteiger partial charge in [-0.3, -0.25) is 9.59 Å². The van der Waals surface area contributed by atoms with Crippen molar-refractivity contribution in [3.63, 3.8) is 0 Å². The van der Waals surface area contributed by atoms with E-state index in [0.717, 1.165) is 34.4 Å². The number of hydrogen-bond acceptors (Lipinski definition) is 4. The number of nitrogens with one attached hydrogen (secondary N) is 1. The number of amides is 2. The first-order chi connectivity index (χ1) is 13.1. The summed E-state index contributed by atoms with van der Waals surface area (Å²) >= 11 is 7.74. The molecule has 0 aliphatic carbocycles. The van der Waals surface area contributed by atoms with E-state index in [2.05, 4.69) is 10.2 Å². The molecule has 0 unspecified atom stereocenters. The number of fused-ring (bicyclic) bond motifs is 1. The smallest absolute Gasteiger partial charge is 0.238 e. The highest BCUT2D eigenvalue weighted by molar-refractivity contribution is 8.01. The molecular formula is C20H20ClN3O2S. The van der Waals surface area contributed by atoms with E-state index in [4.69, 9.17) is 11.6 Å². The zero-order valence-corrected chi connectivity index (χ0v) is 16.3. The van der Waals surface area contributed by atoms with Gasteiger partial charge in [-0.25, -0.2) is 0 Å². The number of carbonyl (C=O) groups is 2. The summed E-state index contributed by atoms with van der Waals surface area (Å²) in [6, 6.07) is 15.4. The van der Waals surface area contributed by atoms with Gasteiger partial charge in [0.1, 0.15) is 0 Å². The summed E-state index contributed by atoms with van der Waals surface area (Å²) in [5, 5.41) is 3.25. The lowest BCUT2D eigenvalue weighted by atomic mass is 10.2. The van der Waals surface area contributed by atoms with Crippen LogP contribution in [0.25, 0.3) is 0 Å². The Morgan fingerprint density at radius 3 is 2.56 bits per heavy atom. The zero-order chi connectivity index (χ0) is 18.8. The van der Waals surface area contributed by atoms with Gasteiger partial charge in [0, 0.05) is 37.5 Å². The largest absolute Gasteiger partial charge is 0.367 e. The van der Waals surface area contributed by atoms with Gasteiger partial charge in [-0.15, -0.1) is 11.8 Å². The molecule has 0 aromatic heterocycles. The predicted molar refractivity (Wildman–Crippen MR) is 110 cm³/mol. The van der Waals surface area contributed by atoms with Gasteiger partial charge in [-0.1, -0.05) is 35.9 Å². The van der Waals surface area contributed by atoms with Gasteiger partial charge in [0.25, 0.3) is 0 Å². The number of benzene rings is 2. The molecule has 0 bridgehead atoms. The molecule has 2 heterocycles. The lowest BCUT2D eigenvalue weighted by Crippen LogP contribution is -2.49. The summed E-state index contributed by atoms with van der Waals surface area (Å²) in [4.78, 5) is 30.1. The van der Waals surface area contributed by atoms with Crippen molar-refractivity contribution in [2.24, 2.45) is 0 Å². The van der Waals surface area contributed by atoms with E-state index in [9.17, 15) is 9.59 Å². The van der Waals surface area contributed by atoms with E-state index in [-0.39, 0.29) is 23.5 Å². The Morgan fingerprint density at radius 1 is 1.07 bits per heavy atom. The standard InChI is InChI=1S/C20H20ClN3O2S/c21-14-5-1-3-7-16(14)23-9-11-24(12-10-23)19(25)13-18-20(26)22-15-6-2-4-8-17(15)27-18/h1-8,18H,9-13H2,(H,22,26)/t18-/m0/s1. The van der Waals surface area contributed by atoms with Crippen LogP contribution >= 0.6 is 23.4 Å². The van der Waals surface area contributed by atoms with Gasteiger partial charge in [-0.05, 0) is 24.3 Å². The molecule has 1 saturated heterocycles. The summed E-state index contributed by atoms with van der Waals surface area (Å²) in [5.41, 5.74) is 1.83. The number of anilines is 2. The number of carbonyl (C=O) groups excluding carboxylic acids is 2. The molecule has 0 saturated carbocycles. The number of rotatable bonds is 3. The van der Waals surface area contributed by atoms with Crippen molar-refractivity contribution in [2.45, 2.75) is 16.6 Å². The molecule has 2 aliphatic rings. The first kappa shape index (κ1) is 18.2. The average Bonchev–Trinajstić information content (AvgIpc) is 2.69. The molecule has 27 heavy (non-hydrogen) atoms. The summed E-state index contributed by atoms with van der Waals surface area (Å²) in [6.07, 6.45) is 0.219. The molecule has 4 rings (SSSR count). The Labute approximate surface area is 167 Å². The fourth-order valence-electron chi connectivity index (χ4n) is 3.42. The maximum Gasteiger partial charge on any atom is 0.238 e. The topological polar surface area (TPSA) is 52.7 Å². The van der Waals surface area contributed by atoms with E-state index < -0.39 is 0 Å². The number of thioether (sulfide) groups is 1. The highest BCUT2D eigenvalue weighted by Crippen LogP contribution is 2.37. The van der Waals surface area contributed by atoms with Crippen LogP contribution < -0.4 is 10.2 Å². The summed E-state index contributed by atoms with van der Waals surface area (Å²) in [5.74, 6) is -0.0670. The Balaban J connectivity index is 1.35. The minimum Gasteiger partial charge on any atom is -0.367 e. The van der Waals surface area contributed by atoms with Gasteiger partial charge in [0.15, 0.2) is 0 Å². The third-order valence-electron chi connectivity index (χ3n) is 4.89. The van der Waals surface area contributed by atoms with Crippen molar-refractivity contribution < 1.29 is 9.59 Å². The maximum atomic E-state index is 12.7. The van der Waals surface area contributed by atoms with Gasteiger partial charge in [0.2, 0.25) is 11.8 Å². The molecule has 5 nitrogen and oxygen atoms in total. The van der Waals surface area contributed by atoms with Gasteiger partial charge < -0.3 is 15.1 Å². The van der Waals surface area contributed by atoms with Crippen LogP contribution in [-0.4, -0.2) is 48.1 Å². The Hall–Kier alpha value is -2.18. The van der Waals surface area contributed by atoms with E-state index in [0.29, 0.717) is 13.1 Å². The fourth-order valence-corrected chi connectivity index (χ4v) is 4.78. The van der Waals surface area contributed by atoms with Crippen LogP contribution in [0.5, 0.6) is 0 Å². The highest BCUT2D eigenvalue weighted by Gasteiger charge is 2.31. The predicted octanol–water partition coefficient (Wildman–Crippen LogP) is 3.49. The van der Waals surface area contributed by atoms with Crippen molar-refractivity contribution >= 4 is 46.6 Å². The monoisotopic (exact) mass is 401 g/mol. The van der Waals surface area contributed by atoms with E-state index in [1.165, 1.54) is 11.8 Å². The molecule has 7 heteroatoms. The van der Waals surface area contributed by atoms with Crippen molar-refractivity contribution in [2.75, 3.05) is 36.4 Å². The number of nitrogens with zero attached hydrogens (tertiary/aromatic N) is 2. The maximum absolute atomic E-state index is 12.7. The molecular weight excluding hydrogens is 382 g/mol. The lowest BCUT2D eigenvalue weighted by Gasteiger charge is -2.37. The van der Waals surface area contributed by atoms with Crippen LogP contribution in [0, 0.1) is 0 Å². The molecule has 1 fully saturated rings. The SMILES string of the molecule is O=C1Nc2ccccc2S[C@H]1CC(=O)N1CCN(c2ccccc2Cl)CC1. The van der Waals surface area contributed by atoms with Crippen LogP contribution in [0.4, 0.5) is 11.4 Å². The third kappa shape index (κ3) is 3.92. The number of para-hydroxylation sites is 2. The van der Waals surface area contributed by atoms with E-state index in [1.54, 1.807) is 0 Å². The van der Waals surface area contributed by atoms with Crippen LogP contribution in [0.15, 0.2) is 53.4 Å². The second kappa shape index (κ2) is 7.82. The normalized spacial score (nSPS) is 19.4. The summed E-state index contributed by atoms with van der Waals surface area (Å²) in [7, 11) is 0. The average molecular weight is 402 g/mol. The minimum atomic E-state index is -0.381. The van der Waals surface area contributed by atoms with Crippen molar-refractivity contribution in [3.05, 3.63) is 53.6 Å². The van der Waals surface area contributed by atoms with Crippen LogP contribution in [-0.2, 0) is 9.59 Å². The zero-order valence-electron chi connectivity index (χ0n) is 14.7.